The van der Waals surface area contributed by atoms with Crippen molar-refractivity contribution in [3.05, 3.63) is 228 Å². The Bertz CT molecular complexity index is 2590. The summed E-state index contributed by atoms with van der Waals surface area (Å²) in [6.07, 6.45) is 8.17. The molecule has 2 aliphatic heterocycles. The van der Waals surface area contributed by atoms with Crippen LogP contribution in [0.3, 0.4) is 0 Å². The number of anilines is 2. The predicted octanol–water partition coefficient (Wildman–Crippen LogP) is 11.5. The summed E-state index contributed by atoms with van der Waals surface area (Å²) in [6, 6.07) is 56.0. The van der Waals surface area contributed by atoms with E-state index in [0.717, 1.165) is 75.4 Å². The zero-order valence-electron chi connectivity index (χ0n) is 33.2. The molecule has 6 nitrogen and oxygen atoms in total. The molecule has 2 aliphatic rings. The minimum absolute atomic E-state index is 0.729. The third-order valence-corrected chi connectivity index (χ3v) is 15.3. The van der Waals surface area contributed by atoms with Gasteiger partial charge in [-0.3, -0.25) is 0 Å². The first-order valence-corrected chi connectivity index (χ1v) is 22.8. The van der Waals surface area contributed by atoms with Crippen LogP contribution in [0.5, 0.6) is 0 Å². The summed E-state index contributed by atoms with van der Waals surface area (Å²) < 4.78 is 42.5. The zero-order valence-corrected chi connectivity index (χ0v) is 35.7. The maximum atomic E-state index is 14.8. The molecule has 0 N–H and O–H groups in total. The van der Waals surface area contributed by atoms with E-state index in [1.807, 2.05) is 174 Å². The summed E-state index contributed by atoms with van der Waals surface area (Å²) in [7, 11) is 0.514. The molecule has 0 spiro atoms. The normalized spacial score (nSPS) is 16.7. The lowest BCUT2D eigenvalue weighted by Gasteiger charge is -2.25. The van der Waals surface area contributed by atoms with Crippen molar-refractivity contribution in [1.82, 2.24) is 0 Å². The highest BCUT2D eigenvalue weighted by molar-refractivity contribution is 8.27. The molecule has 2 heterocycles. The lowest BCUT2D eigenvalue weighted by molar-refractivity contribution is 0.439. The van der Waals surface area contributed by atoms with Crippen molar-refractivity contribution in [3.63, 3.8) is 0 Å². The Morgan fingerprint density at radius 1 is 0.373 bits per heavy atom. The quantitative estimate of drug-likeness (QED) is 0.115. The second-order valence-corrected chi connectivity index (χ2v) is 19.1. The molecule has 0 fully saturated rings. The Morgan fingerprint density at radius 3 is 0.983 bits per heavy atom. The van der Waals surface area contributed by atoms with Crippen LogP contribution < -0.4 is 9.80 Å². The Balaban J connectivity index is 1.29. The van der Waals surface area contributed by atoms with Crippen molar-refractivity contribution in [2.45, 2.75) is 0 Å². The fraction of sp³-hybridized carbons (Fsp3) is 0.0800. The van der Waals surface area contributed by atoms with Crippen LogP contribution in [0.1, 0.15) is 33.4 Å². The molecule has 0 radical (unpaired) electrons. The predicted molar refractivity (Wildman–Crippen MR) is 254 cm³/mol. The maximum Gasteiger partial charge on any atom is 0.421 e. The zero-order chi connectivity index (χ0) is 40.9. The molecule has 296 valence electrons. The van der Waals surface area contributed by atoms with Gasteiger partial charge >= 0.3 is 10.4 Å². The summed E-state index contributed by atoms with van der Waals surface area (Å²) in [5.41, 5.74) is 9.46. The number of hydrogen-bond acceptors (Lipinski definition) is 6. The molecular weight excluding hydrogens is 789 g/mol. The monoisotopic (exact) mass is 832 g/mol. The fourth-order valence-corrected chi connectivity index (χ4v) is 12.4. The van der Waals surface area contributed by atoms with E-state index in [1.54, 1.807) is 0 Å². The first kappa shape index (κ1) is 40.0. The van der Waals surface area contributed by atoms with Crippen molar-refractivity contribution < 1.29 is 15.7 Å². The van der Waals surface area contributed by atoms with Gasteiger partial charge in [0.05, 0.1) is 0 Å². The van der Waals surface area contributed by atoms with E-state index in [-0.39, 0.29) is 0 Å². The molecule has 59 heavy (non-hydrogen) atoms. The molecule has 0 amide bonds. The van der Waals surface area contributed by atoms with Crippen LogP contribution in [0, 0.1) is 0 Å². The molecule has 0 aliphatic carbocycles. The second kappa shape index (κ2) is 17.6. The van der Waals surface area contributed by atoms with Crippen LogP contribution >= 0.6 is 21.5 Å². The van der Waals surface area contributed by atoms with Crippen molar-refractivity contribution in [2.24, 2.45) is 0 Å². The van der Waals surface area contributed by atoms with Gasteiger partial charge in [0, 0.05) is 80.6 Å². The number of rotatable bonds is 12. The van der Waals surface area contributed by atoms with Crippen molar-refractivity contribution in [2.75, 3.05) is 38.0 Å². The average Bonchev–Trinajstić information content (AvgIpc) is 3.27. The molecule has 0 saturated heterocycles. The van der Waals surface area contributed by atoms with Gasteiger partial charge < -0.3 is 9.80 Å². The van der Waals surface area contributed by atoms with E-state index >= 15 is 0 Å². The Labute approximate surface area is 353 Å². The summed E-state index contributed by atoms with van der Waals surface area (Å²) in [6.45, 7) is 0. The minimum Gasteiger partial charge on any atom is -0.378 e. The van der Waals surface area contributed by atoms with Crippen LogP contribution in [0.2, 0.25) is 0 Å². The lowest BCUT2D eigenvalue weighted by Crippen LogP contribution is -2.14. The molecule has 2 unspecified atom stereocenters. The molecule has 6 aromatic rings. The van der Waals surface area contributed by atoms with Crippen LogP contribution in [-0.4, -0.2) is 46.3 Å². The van der Waals surface area contributed by atoms with Gasteiger partial charge in [0.15, 0.2) is 0 Å². The molecule has 0 saturated carbocycles. The van der Waals surface area contributed by atoms with Gasteiger partial charge in [-0.25, -0.2) is 0 Å². The summed E-state index contributed by atoms with van der Waals surface area (Å²) in [5, 5.41) is 0. The Morgan fingerprint density at radius 2 is 0.678 bits per heavy atom. The molecule has 0 bridgehead atoms. The van der Waals surface area contributed by atoms with Gasteiger partial charge in [0.1, 0.15) is 0 Å². The minimum atomic E-state index is -4.71. The van der Waals surface area contributed by atoms with Crippen LogP contribution in [-0.2, 0) is 17.7 Å². The highest BCUT2D eigenvalue weighted by Crippen LogP contribution is 2.49. The fourth-order valence-electron chi connectivity index (χ4n) is 6.83. The largest absolute Gasteiger partial charge is 0.421 e. The number of allylic oxidation sites excluding steroid dienone is 6. The molecular formula is C50H44N2O4S3. The SMILES string of the molecule is CN(C)c1ccc(C2=CC(c3ccccc3)=S(OS(=O)(=O)OS3=C(c4ccccc4)C=C(c4ccc(N(C)C)cc4)C=C3c3ccccc3)C(c3ccccc3)=C2)cc1. The molecule has 9 heteroatoms. The van der Waals surface area contributed by atoms with Crippen molar-refractivity contribution in [3.8, 4) is 0 Å². The maximum absolute atomic E-state index is 14.8. The van der Waals surface area contributed by atoms with E-state index in [1.165, 1.54) is 0 Å². The summed E-state index contributed by atoms with van der Waals surface area (Å²) in [4.78, 5) is 7.04. The third kappa shape index (κ3) is 9.10. The van der Waals surface area contributed by atoms with Gasteiger partial charge in [-0.1, -0.05) is 146 Å². The van der Waals surface area contributed by atoms with Crippen molar-refractivity contribution in [1.29, 1.82) is 0 Å². The van der Waals surface area contributed by atoms with E-state index in [4.69, 9.17) is 7.26 Å². The highest BCUT2D eigenvalue weighted by Gasteiger charge is 2.30. The van der Waals surface area contributed by atoms with E-state index in [0.29, 0.717) is 0 Å². The lowest BCUT2D eigenvalue weighted by atomic mass is 10.00. The molecule has 6 aromatic carbocycles. The average molecular weight is 833 g/mol. The van der Waals surface area contributed by atoms with Gasteiger partial charge in [0.25, 0.3) is 0 Å². The van der Waals surface area contributed by atoms with Crippen LogP contribution in [0.15, 0.2) is 194 Å². The smallest absolute Gasteiger partial charge is 0.378 e. The Hall–Kier alpha value is -5.81. The van der Waals surface area contributed by atoms with E-state index in [9.17, 15) is 8.42 Å². The molecule has 2 atom stereocenters. The molecule has 8 rings (SSSR count). The topological polar surface area (TPSA) is 59.1 Å². The standard InChI is InChI=1S/C50H44N2O4S3/c1-51(2)45-29-25-37(26-30-45)43-33-47(39-17-9-5-10-18-39)57(48(34-43)40-19-11-6-12-20-40)55-59(53,54)56-58-49(41-21-13-7-14-22-41)35-44(36-50(58)42-23-15-8-16-24-42)38-27-31-46(32-28-38)52(3)4/h5-36H,1-4H3. The number of nitrogens with zero attached hydrogens (tertiary/aromatic N) is 2. The van der Waals surface area contributed by atoms with Gasteiger partial charge in [-0.05, 0) is 93.1 Å². The first-order chi connectivity index (χ1) is 28.6. The van der Waals surface area contributed by atoms with Crippen LogP contribution in [0.25, 0.3) is 21.0 Å². The van der Waals surface area contributed by atoms with Crippen molar-refractivity contribution >= 4 is 74.0 Å². The van der Waals surface area contributed by atoms with Gasteiger partial charge in [-0.15, -0.1) is 0 Å². The van der Waals surface area contributed by atoms with E-state index in [2.05, 4.69) is 58.3 Å². The molecule has 0 aromatic heterocycles. The second-order valence-electron chi connectivity index (χ2n) is 14.4. The third-order valence-electron chi connectivity index (χ3n) is 9.92. The number of benzene rings is 6. The van der Waals surface area contributed by atoms with Crippen LogP contribution in [0.4, 0.5) is 11.4 Å². The highest BCUT2D eigenvalue weighted by atomic mass is 32.3. The van der Waals surface area contributed by atoms with Gasteiger partial charge in [-0.2, -0.15) is 15.7 Å². The summed E-state index contributed by atoms with van der Waals surface area (Å²) >= 11 is 0. The van der Waals surface area contributed by atoms with E-state index < -0.39 is 31.9 Å². The first-order valence-electron chi connectivity index (χ1n) is 19.1. The number of hydrogen-bond donors (Lipinski definition) is 0. The van der Waals surface area contributed by atoms with Gasteiger partial charge in [0.2, 0.25) is 0 Å². The summed E-state index contributed by atoms with van der Waals surface area (Å²) in [5.74, 6) is 0. The Kier molecular flexibility index (Phi) is 11.9.